The van der Waals surface area contributed by atoms with E-state index in [1.807, 2.05) is 54.6 Å². The Morgan fingerprint density at radius 3 is 2.43 bits per heavy atom. The second kappa shape index (κ2) is 6.30. The van der Waals surface area contributed by atoms with Gasteiger partial charge >= 0.3 is 7.69 Å². The van der Waals surface area contributed by atoms with Gasteiger partial charge in [0.05, 0.1) is 11.4 Å². The Bertz CT molecular complexity index is 826. The molecular weight excluding hydrogens is 305 g/mol. The predicted molar refractivity (Wildman–Crippen MR) is 93.7 cm³/mol. The van der Waals surface area contributed by atoms with Crippen LogP contribution >= 0.6 is 11.8 Å². The standard InChI is InChI=1S/C18H13BNO2S/c1-2-7-13(8-3-1)21-19-22-15-10-6-12-17-18(15)20-14-9-4-5-11-16(14)23-17/h1-12,20H. The molecule has 111 valence electrons. The minimum absolute atomic E-state index is 0.737. The number of benzene rings is 3. The van der Waals surface area contributed by atoms with E-state index in [2.05, 4.69) is 23.5 Å². The average Bonchev–Trinajstić information content (AvgIpc) is 2.61. The zero-order valence-corrected chi connectivity index (χ0v) is 13.0. The Balaban J connectivity index is 1.51. The number of nitrogens with one attached hydrogen (secondary N) is 1. The van der Waals surface area contributed by atoms with E-state index >= 15 is 0 Å². The van der Waals surface area contributed by atoms with Gasteiger partial charge in [-0.3, -0.25) is 0 Å². The molecule has 1 heterocycles. The summed E-state index contributed by atoms with van der Waals surface area (Å²) in [5.74, 6) is 1.48. The first-order valence-electron chi connectivity index (χ1n) is 7.27. The van der Waals surface area contributed by atoms with Gasteiger partial charge in [0.15, 0.2) is 0 Å². The molecule has 0 aromatic heterocycles. The summed E-state index contributed by atoms with van der Waals surface area (Å²) in [7, 11) is 1.36. The second-order valence-electron chi connectivity index (χ2n) is 5.00. The molecule has 0 saturated heterocycles. The molecule has 1 aliphatic rings. The highest BCUT2D eigenvalue weighted by Crippen LogP contribution is 2.47. The average molecular weight is 318 g/mol. The fourth-order valence-electron chi connectivity index (χ4n) is 2.36. The van der Waals surface area contributed by atoms with E-state index in [-0.39, 0.29) is 0 Å². The predicted octanol–water partition coefficient (Wildman–Crippen LogP) is 4.89. The lowest BCUT2D eigenvalue weighted by atomic mass is 10.2. The molecule has 0 spiro atoms. The maximum absolute atomic E-state index is 5.70. The molecule has 0 fully saturated rings. The van der Waals surface area contributed by atoms with Crippen molar-refractivity contribution in [2.24, 2.45) is 0 Å². The van der Waals surface area contributed by atoms with Gasteiger partial charge in [-0.2, -0.15) is 0 Å². The van der Waals surface area contributed by atoms with E-state index in [4.69, 9.17) is 9.31 Å². The van der Waals surface area contributed by atoms with Crippen LogP contribution in [0.4, 0.5) is 11.4 Å². The molecule has 3 aromatic carbocycles. The summed E-state index contributed by atoms with van der Waals surface area (Å²) < 4.78 is 11.2. The Hall–Kier alpha value is -2.53. The summed E-state index contributed by atoms with van der Waals surface area (Å²) in [6.45, 7) is 0. The van der Waals surface area contributed by atoms with Gasteiger partial charge in [0, 0.05) is 9.79 Å². The minimum atomic E-state index is 0.737. The van der Waals surface area contributed by atoms with Gasteiger partial charge in [-0.05, 0) is 36.4 Å². The highest BCUT2D eigenvalue weighted by Gasteiger charge is 2.19. The van der Waals surface area contributed by atoms with Crippen molar-refractivity contribution in [3.05, 3.63) is 72.8 Å². The SMILES string of the molecule is [B](Oc1ccccc1)Oc1cccc2c1Nc1ccccc1S2. The first-order valence-corrected chi connectivity index (χ1v) is 8.09. The molecule has 4 rings (SSSR count). The normalized spacial score (nSPS) is 11.7. The van der Waals surface area contributed by atoms with Crippen LogP contribution in [0, 0.1) is 0 Å². The van der Waals surface area contributed by atoms with Crippen LogP contribution in [0.15, 0.2) is 82.6 Å². The molecule has 0 atom stereocenters. The maximum Gasteiger partial charge on any atom is 0.658 e. The Morgan fingerprint density at radius 1 is 0.739 bits per heavy atom. The molecule has 3 nitrogen and oxygen atoms in total. The third kappa shape index (κ3) is 3.01. The summed E-state index contributed by atoms with van der Waals surface area (Å²) >= 11 is 1.73. The van der Waals surface area contributed by atoms with Crippen LogP contribution in [0.2, 0.25) is 0 Å². The fourth-order valence-corrected chi connectivity index (χ4v) is 3.37. The monoisotopic (exact) mass is 318 g/mol. The smallest absolute Gasteiger partial charge is 0.526 e. The molecule has 0 unspecified atom stereocenters. The number of hydrogen-bond acceptors (Lipinski definition) is 4. The number of fused-ring (bicyclic) bond motifs is 2. The molecule has 23 heavy (non-hydrogen) atoms. The van der Waals surface area contributed by atoms with Crippen LogP contribution in [0.25, 0.3) is 0 Å². The van der Waals surface area contributed by atoms with Gasteiger partial charge in [0.25, 0.3) is 0 Å². The molecule has 0 amide bonds. The van der Waals surface area contributed by atoms with Crippen LogP contribution in [0.1, 0.15) is 0 Å². The third-order valence-electron chi connectivity index (χ3n) is 3.46. The molecule has 0 saturated carbocycles. The van der Waals surface area contributed by atoms with E-state index in [9.17, 15) is 0 Å². The highest BCUT2D eigenvalue weighted by molar-refractivity contribution is 7.99. The first kappa shape index (κ1) is 14.1. The van der Waals surface area contributed by atoms with E-state index in [1.165, 1.54) is 12.6 Å². The summed E-state index contributed by atoms with van der Waals surface area (Å²) in [6, 6.07) is 23.7. The largest absolute Gasteiger partial charge is 0.658 e. The fraction of sp³-hybridized carbons (Fsp3) is 0. The lowest BCUT2D eigenvalue weighted by molar-refractivity contribution is 0.459. The number of rotatable bonds is 4. The van der Waals surface area contributed by atoms with Crippen LogP contribution in [0.3, 0.4) is 0 Å². The second-order valence-corrected chi connectivity index (χ2v) is 6.08. The summed E-state index contributed by atoms with van der Waals surface area (Å²) in [5.41, 5.74) is 2.05. The first-order chi connectivity index (χ1) is 11.4. The molecule has 3 aromatic rings. The third-order valence-corrected chi connectivity index (χ3v) is 4.59. The maximum atomic E-state index is 5.70. The van der Waals surface area contributed by atoms with Crippen molar-refractivity contribution >= 4 is 30.8 Å². The highest BCUT2D eigenvalue weighted by atomic mass is 32.2. The summed E-state index contributed by atoms with van der Waals surface area (Å²) in [6.07, 6.45) is 0. The molecular formula is C18H13BNO2S. The van der Waals surface area contributed by atoms with E-state index < -0.39 is 0 Å². The van der Waals surface area contributed by atoms with Crippen LogP contribution in [-0.2, 0) is 0 Å². The molecule has 1 N–H and O–H groups in total. The van der Waals surface area contributed by atoms with Crippen LogP contribution in [0.5, 0.6) is 11.5 Å². The van der Waals surface area contributed by atoms with Crippen molar-refractivity contribution in [1.82, 2.24) is 0 Å². The van der Waals surface area contributed by atoms with Crippen LogP contribution < -0.4 is 14.6 Å². The Labute approximate surface area is 139 Å². The van der Waals surface area contributed by atoms with Crippen molar-refractivity contribution in [3.8, 4) is 11.5 Å². The van der Waals surface area contributed by atoms with Gasteiger partial charge in [-0.25, -0.2) is 0 Å². The zero-order chi connectivity index (χ0) is 15.5. The van der Waals surface area contributed by atoms with Crippen molar-refractivity contribution in [3.63, 3.8) is 0 Å². The van der Waals surface area contributed by atoms with Crippen molar-refractivity contribution in [1.29, 1.82) is 0 Å². The van der Waals surface area contributed by atoms with Crippen molar-refractivity contribution in [2.75, 3.05) is 5.32 Å². The van der Waals surface area contributed by atoms with Crippen LogP contribution in [-0.4, -0.2) is 7.69 Å². The number of hydrogen-bond donors (Lipinski definition) is 1. The van der Waals surface area contributed by atoms with Gasteiger partial charge in [-0.1, -0.05) is 48.2 Å². The number of para-hydroxylation sites is 3. The molecule has 5 heteroatoms. The Kier molecular flexibility index (Phi) is 3.86. The van der Waals surface area contributed by atoms with Gasteiger partial charge in [0.2, 0.25) is 0 Å². The lowest BCUT2D eigenvalue weighted by Gasteiger charge is -2.22. The number of anilines is 2. The van der Waals surface area contributed by atoms with Gasteiger partial charge < -0.3 is 14.6 Å². The topological polar surface area (TPSA) is 30.5 Å². The Morgan fingerprint density at radius 2 is 1.52 bits per heavy atom. The quantitative estimate of drug-likeness (QED) is 0.543. The zero-order valence-electron chi connectivity index (χ0n) is 12.2. The van der Waals surface area contributed by atoms with Crippen molar-refractivity contribution < 1.29 is 9.31 Å². The minimum Gasteiger partial charge on any atom is -0.526 e. The molecule has 1 aliphatic heterocycles. The van der Waals surface area contributed by atoms with Gasteiger partial charge in [0.1, 0.15) is 11.5 Å². The van der Waals surface area contributed by atoms with E-state index in [1.54, 1.807) is 11.8 Å². The summed E-state index contributed by atoms with van der Waals surface area (Å²) in [5, 5.41) is 3.44. The summed E-state index contributed by atoms with van der Waals surface area (Å²) in [4.78, 5) is 2.34. The van der Waals surface area contributed by atoms with Gasteiger partial charge in [-0.15, -0.1) is 0 Å². The van der Waals surface area contributed by atoms with E-state index in [0.717, 1.165) is 27.8 Å². The molecule has 0 bridgehead atoms. The van der Waals surface area contributed by atoms with Crippen molar-refractivity contribution in [2.45, 2.75) is 9.79 Å². The lowest BCUT2D eigenvalue weighted by Crippen LogP contribution is -2.12. The molecule has 0 aliphatic carbocycles. The van der Waals surface area contributed by atoms with E-state index in [0.29, 0.717) is 0 Å². The molecule has 1 radical (unpaired) electrons.